The van der Waals surface area contributed by atoms with Gasteiger partial charge in [0.05, 0.1) is 5.92 Å². The van der Waals surface area contributed by atoms with Crippen molar-refractivity contribution in [3.63, 3.8) is 0 Å². The molecule has 1 aromatic heterocycles. The van der Waals surface area contributed by atoms with Crippen molar-refractivity contribution in [1.29, 1.82) is 0 Å². The van der Waals surface area contributed by atoms with Gasteiger partial charge in [-0.05, 0) is 48.4 Å². The predicted molar refractivity (Wildman–Crippen MR) is 116 cm³/mol. The van der Waals surface area contributed by atoms with E-state index in [-0.39, 0.29) is 24.3 Å². The van der Waals surface area contributed by atoms with Gasteiger partial charge in [-0.1, -0.05) is 18.2 Å². The van der Waals surface area contributed by atoms with Gasteiger partial charge in [0.1, 0.15) is 4.21 Å². The van der Waals surface area contributed by atoms with E-state index in [2.05, 4.69) is 5.32 Å². The maximum absolute atomic E-state index is 12.7. The first kappa shape index (κ1) is 21.0. The summed E-state index contributed by atoms with van der Waals surface area (Å²) in [4.78, 5) is 26.3. The molecule has 2 fully saturated rings. The highest BCUT2D eigenvalue weighted by molar-refractivity contribution is 7.91. The number of hydrogen-bond acceptors (Lipinski definition) is 5. The minimum atomic E-state index is -3.53. The second-order valence-corrected chi connectivity index (χ2v) is 10.8. The van der Waals surface area contributed by atoms with Crippen molar-refractivity contribution in [1.82, 2.24) is 9.62 Å². The average Bonchev–Trinajstić information content (AvgIpc) is 3.45. The summed E-state index contributed by atoms with van der Waals surface area (Å²) >= 11 is 1.20. The fraction of sp³-hybridized carbons (Fsp3) is 0.429. The molecule has 0 spiro atoms. The Balaban J connectivity index is 1.33. The van der Waals surface area contributed by atoms with Crippen molar-refractivity contribution in [3.05, 3.63) is 47.3 Å². The van der Waals surface area contributed by atoms with E-state index in [9.17, 15) is 18.0 Å². The van der Waals surface area contributed by atoms with Crippen LogP contribution >= 0.6 is 11.3 Å². The topological polar surface area (TPSA) is 86.8 Å². The smallest absolute Gasteiger partial charge is 0.252 e. The molecule has 0 unspecified atom stereocenters. The standard InChI is InChI=1S/C21H25N3O4S2/c25-19-5-2-12-24(19)18-9-7-16(8-10-18)14-22-21(26)17-4-1-11-23(15-17)30(27,28)20-6-3-13-29-20/h3,6-10,13,17H,1-2,4-5,11-12,14-15H2,(H,22,26)/t17-/m1/s1. The number of sulfonamides is 1. The van der Waals surface area contributed by atoms with Crippen LogP contribution in [0.25, 0.3) is 0 Å². The summed E-state index contributed by atoms with van der Waals surface area (Å²) in [5, 5.41) is 4.68. The van der Waals surface area contributed by atoms with E-state index in [1.807, 2.05) is 24.3 Å². The van der Waals surface area contributed by atoms with Crippen molar-refractivity contribution in [2.75, 3.05) is 24.5 Å². The van der Waals surface area contributed by atoms with Crippen LogP contribution in [-0.4, -0.2) is 44.2 Å². The Morgan fingerprint density at radius 1 is 1.13 bits per heavy atom. The lowest BCUT2D eigenvalue weighted by Crippen LogP contribution is -2.45. The molecule has 2 aromatic rings. The highest BCUT2D eigenvalue weighted by Gasteiger charge is 2.33. The summed E-state index contributed by atoms with van der Waals surface area (Å²) in [6, 6.07) is 11.0. The van der Waals surface area contributed by atoms with E-state index in [1.165, 1.54) is 15.6 Å². The van der Waals surface area contributed by atoms with E-state index >= 15 is 0 Å². The van der Waals surface area contributed by atoms with Gasteiger partial charge in [-0.3, -0.25) is 9.59 Å². The van der Waals surface area contributed by atoms with Gasteiger partial charge >= 0.3 is 0 Å². The van der Waals surface area contributed by atoms with Crippen molar-refractivity contribution < 1.29 is 18.0 Å². The summed E-state index contributed by atoms with van der Waals surface area (Å²) in [5.41, 5.74) is 1.83. The highest BCUT2D eigenvalue weighted by Crippen LogP contribution is 2.26. The molecule has 0 radical (unpaired) electrons. The number of amides is 2. The summed E-state index contributed by atoms with van der Waals surface area (Å²) in [6.07, 6.45) is 2.83. The van der Waals surface area contributed by atoms with Gasteiger partial charge in [0, 0.05) is 38.3 Å². The highest BCUT2D eigenvalue weighted by atomic mass is 32.2. The summed E-state index contributed by atoms with van der Waals surface area (Å²) in [6.45, 7) is 1.78. The molecule has 2 saturated heterocycles. The van der Waals surface area contributed by atoms with Crippen LogP contribution in [0.5, 0.6) is 0 Å². The molecule has 1 atom stereocenters. The number of carbonyl (C=O) groups is 2. The minimum absolute atomic E-state index is 0.125. The normalized spacial score (nSPS) is 20.5. The monoisotopic (exact) mass is 447 g/mol. The van der Waals surface area contributed by atoms with Gasteiger partial charge in [0.15, 0.2) is 0 Å². The molecule has 0 bridgehead atoms. The van der Waals surface area contributed by atoms with Gasteiger partial charge in [0.2, 0.25) is 11.8 Å². The second-order valence-electron chi connectivity index (χ2n) is 7.67. The maximum atomic E-state index is 12.7. The third-order valence-electron chi connectivity index (χ3n) is 5.63. The van der Waals surface area contributed by atoms with Crippen LogP contribution in [0.1, 0.15) is 31.2 Å². The third-order valence-corrected chi connectivity index (χ3v) is 8.87. The van der Waals surface area contributed by atoms with Crippen LogP contribution in [-0.2, 0) is 26.2 Å². The van der Waals surface area contributed by atoms with Crippen molar-refractivity contribution in [2.45, 2.75) is 36.4 Å². The first-order valence-corrected chi connectivity index (χ1v) is 12.5. The van der Waals surface area contributed by atoms with Crippen molar-refractivity contribution in [3.8, 4) is 0 Å². The predicted octanol–water partition coefficient (Wildman–Crippen LogP) is 2.59. The fourth-order valence-corrected chi connectivity index (χ4v) is 6.63. The van der Waals surface area contributed by atoms with Crippen LogP contribution in [0, 0.1) is 5.92 Å². The Hall–Kier alpha value is -2.23. The average molecular weight is 448 g/mol. The van der Waals surface area contributed by atoms with Crippen LogP contribution < -0.4 is 10.2 Å². The number of nitrogens with one attached hydrogen (secondary N) is 1. The molecule has 9 heteroatoms. The van der Waals surface area contributed by atoms with Crippen molar-refractivity contribution in [2.24, 2.45) is 5.92 Å². The van der Waals surface area contributed by atoms with Crippen LogP contribution in [0.3, 0.4) is 0 Å². The Kier molecular flexibility index (Phi) is 6.21. The number of benzene rings is 1. The molecule has 2 aliphatic heterocycles. The SMILES string of the molecule is O=C(NCc1ccc(N2CCCC2=O)cc1)[C@@H]1CCCN(S(=O)(=O)c2cccs2)C1. The first-order valence-electron chi connectivity index (χ1n) is 10.2. The van der Waals surface area contributed by atoms with E-state index in [1.54, 1.807) is 22.4 Å². The molecule has 1 aromatic carbocycles. The Bertz CT molecular complexity index is 1000. The lowest BCUT2D eigenvalue weighted by molar-refractivity contribution is -0.126. The summed E-state index contributed by atoms with van der Waals surface area (Å²) in [7, 11) is -3.53. The lowest BCUT2D eigenvalue weighted by atomic mass is 9.98. The molecule has 4 rings (SSSR count). The zero-order valence-electron chi connectivity index (χ0n) is 16.6. The number of rotatable bonds is 6. The number of nitrogens with zero attached hydrogens (tertiary/aromatic N) is 2. The zero-order chi connectivity index (χ0) is 21.1. The molecule has 30 heavy (non-hydrogen) atoms. The van der Waals surface area contributed by atoms with E-state index < -0.39 is 10.0 Å². The van der Waals surface area contributed by atoms with Gasteiger partial charge in [-0.25, -0.2) is 8.42 Å². The molecular weight excluding hydrogens is 422 g/mol. The van der Waals surface area contributed by atoms with Crippen LogP contribution in [0.15, 0.2) is 46.0 Å². The molecular formula is C21H25N3O4S2. The summed E-state index contributed by atoms with van der Waals surface area (Å²) in [5.74, 6) is -0.328. The van der Waals surface area contributed by atoms with Gasteiger partial charge in [0.25, 0.3) is 10.0 Å². The van der Waals surface area contributed by atoms with Crippen LogP contribution in [0.4, 0.5) is 5.69 Å². The lowest BCUT2D eigenvalue weighted by Gasteiger charge is -2.30. The number of piperidine rings is 1. The fourth-order valence-electron chi connectivity index (χ4n) is 3.96. The number of thiophene rings is 1. The molecule has 0 saturated carbocycles. The minimum Gasteiger partial charge on any atom is -0.352 e. The zero-order valence-corrected chi connectivity index (χ0v) is 18.3. The third kappa shape index (κ3) is 4.43. The maximum Gasteiger partial charge on any atom is 0.252 e. The molecule has 160 valence electrons. The molecule has 7 nitrogen and oxygen atoms in total. The van der Waals surface area contributed by atoms with Gasteiger partial charge in [-0.2, -0.15) is 4.31 Å². The molecule has 3 heterocycles. The molecule has 2 aliphatic rings. The molecule has 2 amide bonds. The quantitative estimate of drug-likeness (QED) is 0.737. The summed E-state index contributed by atoms with van der Waals surface area (Å²) < 4.78 is 27.2. The van der Waals surface area contributed by atoms with E-state index in [4.69, 9.17) is 0 Å². The number of hydrogen-bond donors (Lipinski definition) is 1. The number of carbonyl (C=O) groups excluding carboxylic acids is 2. The van der Waals surface area contributed by atoms with Gasteiger partial charge < -0.3 is 10.2 Å². The molecule has 0 aliphatic carbocycles. The second kappa shape index (κ2) is 8.87. The molecule has 1 N–H and O–H groups in total. The largest absolute Gasteiger partial charge is 0.352 e. The Morgan fingerprint density at radius 3 is 2.60 bits per heavy atom. The van der Waals surface area contributed by atoms with Crippen molar-refractivity contribution >= 4 is 38.9 Å². The first-order chi connectivity index (χ1) is 14.4. The van der Waals surface area contributed by atoms with E-state index in [0.717, 1.165) is 24.2 Å². The number of anilines is 1. The van der Waals surface area contributed by atoms with Gasteiger partial charge in [-0.15, -0.1) is 11.3 Å². The Labute approximate surface area is 180 Å². The Morgan fingerprint density at radius 2 is 1.93 bits per heavy atom. The van der Waals surface area contributed by atoms with Crippen LogP contribution in [0.2, 0.25) is 0 Å². The van der Waals surface area contributed by atoms with E-state index in [0.29, 0.717) is 36.6 Å².